The van der Waals surface area contributed by atoms with Crippen LogP contribution in [-0.4, -0.2) is 22.8 Å². The molecule has 88 valence electrons. The Balaban J connectivity index is 3.25. The smallest absolute Gasteiger partial charge is 0.320 e. The standard InChI is InChI=1S/C11H22N2O2/c1-2-9(12)7-5-3-4-6-8-10(13)11(14)15/h10,12H,2-8,13H2,1H3,(H,14,15). The third kappa shape index (κ3) is 8.12. The first-order valence-corrected chi connectivity index (χ1v) is 5.62. The number of carboxylic acid groups (broad SMARTS) is 1. The normalized spacial score (nSPS) is 12.4. The Hall–Kier alpha value is -0.900. The number of nitrogens with one attached hydrogen (secondary N) is 1. The molecule has 0 aromatic carbocycles. The van der Waals surface area contributed by atoms with Crippen LogP contribution in [0.1, 0.15) is 51.9 Å². The number of hydrogen-bond donors (Lipinski definition) is 3. The molecular weight excluding hydrogens is 192 g/mol. The van der Waals surface area contributed by atoms with Crippen LogP contribution in [0.15, 0.2) is 0 Å². The highest BCUT2D eigenvalue weighted by Crippen LogP contribution is 2.07. The maximum Gasteiger partial charge on any atom is 0.320 e. The molecule has 0 rings (SSSR count). The molecule has 0 saturated carbocycles. The van der Waals surface area contributed by atoms with Gasteiger partial charge in [0.05, 0.1) is 0 Å². The highest BCUT2D eigenvalue weighted by molar-refractivity contribution is 5.80. The van der Waals surface area contributed by atoms with Gasteiger partial charge in [-0.05, 0) is 25.7 Å². The van der Waals surface area contributed by atoms with Crippen molar-refractivity contribution in [1.29, 1.82) is 5.41 Å². The van der Waals surface area contributed by atoms with Gasteiger partial charge >= 0.3 is 5.97 Å². The Morgan fingerprint density at radius 1 is 1.33 bits per heavy atom. The third-order valence-electron chi connectivity index (χ3n) is 2.49. The quantitative estimate of drug-likeness (QED) is 0.406. The van der Waals surface area contributed by atoms with Crippen LogP contribution in [0.4, 0.5) is 0 Å². The van der Waals surface area contributed by atoms with Crippen molar-refractivity contribution in [2.75, 3.05) is 0 Å². The Morgan fingerprint density at radius 3 is 2.47 bits per heavy atom. The minimum absolute atomic E-state index is 0.556. The van der Waals surface area contributed by atoms with Gasteiger partial charge in [-0.25, -0.2) is 0 Å². The molecule has 1 atom stereocenters. The summed E-state index contributed by atoms with van der Waals surface area (Å²) in [4.78, 5) is 10.4. The maximum atomic E-state index is 10.4. The van der Waals surface area contributed by atoms with E-state index in [2.05, 4.69) is 0 Å². The summed E-state index contributed by atoms with van der Waals surface area (Å²) in [6.45, 7) is 1.99. The van der Waals surface area contributed by atoms with Crippen LogP contribution in [0.2, 0.25) is 0 Å². The van der Waals surface area contributed by atoms with Crippen molar-refractivity contribution in [2.45, 2.75) is 57.9 Å². The zero-order chi connectivity index (χ0) is 11.7. The number of rotatable bonds is 9. The van der Waals surface area contributed by atoms with E-state index >= 15 is 0 Å². The summed E-state index contributed by atoms with van der Waals surface area (Å²) < 4.78 is 0. The third-order valence-corrected chi connectivity index (χ3v) is 2.49. The second kappa shape index (κ2) is 8.41. The maximum absolute atomic E-state index is 10.4. The summed E-state index contributed by atoms with van der Waals surface area (Å²) in [5, 5.41) is 16.0. The van der Waals surface area contributed by atoms with Crippen LogP contribution < -0.4 is 5.73 Å². The monoisotopic (exact) mass is 214 g/mol. The molecule has 0 aliphatic heterocycles. The topological polar surface area (TPSA) is 87.2 Å². The first-order chi connectivity index (χ1) is 7.07. The van der Waals surface area contributed by atoms with Gasteiger partial charge in [0.2, 0.25) is 0 Å². The molecule has 0 amide bonds. The van der Waals surface area contributed by atoms with Crippen molar-refractivity contribution < 1.29 is 9.90 Å². The average molecular weight is 214 g/mol. The first-order valence-electron chi connectivity index (χ1n) is 5.62. The van der Waals surface area contributed by atoms with E-state index in [1.165, 1.54) is 0 Å². The number of carboxylic acids is 1. The van der Waals surface area contributed by atoms with Gasteiger partial charge < -0.3 is 16.2 Å². The minimum atomic E-state index is -0.914. The molecule has 0 fully saturated rings. The van der Waals surface area contributed by atoms with E-state index in [1.54, 1.807) is 0 Å². The second-order valence-electron chi connectivity index (χ2n) is 3.85. The van der Waals surface area contributed by atoms with Gasteiger partial charge in [-0.3, -0.25) is 4.79 Å². The fraction of sp³-hybridized carbons (Fsp3) is 0.818. The van der Waals surface area contributed by atoms with Gasteiger partial charge in [-0.15, -0.1) is 0 Å². The lowest BCUT2D eigenvalue weighted by molar-refractivity contribution is -0.138. The zero-order valence-corrected chi connectivity index (χ0v) is 9.46. The molecular formula is C11H22N2O2. The molecule has 0 bridgehead atoms. The predicted molar refractivity (Wildman–Crippen MR) is 61.3 cm³/mol. The highest BCUT2D eigenvalue weighted by atomic mass is 16.4. The fourth-order valence-corrected chi connectivity index (χ4v) is 1.36. The number of aliphatic carboxylic acids is 1. The molecule has 0 saturated heterocycles. The molecule has 0 aromatic heterocycles. The summed E-state index contributed by atoms with van der Waals surface area (Å²) >= 11 is 0. The van der Waals surface area contributed by atoms with Gasteiger partial charge in [0.15, 0.2) is 0 Å². The summed E-state index contributed by atoms with van der Waals surface area (Å²) in [5.74, 6) is -0.914. The molecule has 0 radical (unpaired) electrons. The summed E-state index contributed by atoms with van der Waals surface area (Å²) in [5.41, 5.74) is 6.17. The van der Waals surface area contributed by atoms with E-state index in [0.29, 0.717) is 6.42 Å². The van der Waals surface area contributed by atoms with E-state index in [1.807, 2.05) is 6.92 Å². The lowest BCUT2D eigenvalue weighted by atomic mass is 10.0. The Morgan fingerprint density at radius 2 is 1.93 bits per heavy atom. The van der Waals surface area contributed by atoms with E-state index in [4.69, 9.17) is 16.2 Å². The Bertz CT molecular complexity index is 205. The van der Waals surface area contributed by atoms with Crippen LogP contribution in [0.25, 0.3) is 0 Å². The van der Waals surface area contributed by atoms with E-state index in [9.17, 15) is 4.79 Å². The average Bonchev–Trinajstić information content (AvgIpc) is 2.22. The number of carbonyl (C=O) groups is 1. The highest BCUT2D eigenvalue weighted by Gasteiger charge is 2.09. The first kappa shape index (κ1) is 14.1. The van der Waals surface area contributed by atoms with Crippen molar-refractivity contribution in [1.82, 2.24) is 0 Å². The molecule has 4 nitrogen and oxygen atoms in total. The van der Waals surface area contributed by atoms with Crippen LogP contribution in [0.3, 0.4) is 0 Å². The van der Waals surface area contributed by atoms with Crippen molar-refractivity contribution in [3.8, 4) is 0 Å². The fourth-order valence-electron chi connectivity index (χ4n) is 1.36. The molecule has 0 aliphatic rings. The molecule has 4 N–H and O–H groups in total. The van der Waals surface area contributed by atoms with Crippen molar-refractivity contribution in [3.05, 3.63) is 0 Å². The molecule has 15 heavy (non-hydrogen) atoms. The van der Waals surface area contributed by atoms with Crippen molar-refractivity contribution in [3.63, 3.8) is 0 Å². The molecule has 0 heterocycles. The summed E-state index contributed by atoms with van der Waals surface area (Å²) in [6.07, 6.45) is 6.25. The molecule has 0 spiro atoms. The van der Waals surface area contributed by atoms with Crippen LogP contribution in [0.5, 0.6) is 0 Å². The number of hydrogen-bond acceptors (Lipinski definition) is 3. The summed E-state index contributed by atoms with van der Waals surface area (Å²) in [6, 6.07) is -0.709. The second-order valence-corrected chi connectivity index (χ2v) is 3.85. The number of unbranched alkanes of at least 4 members (excludes halogenated alkanes) is 3. The number of nitrogens with two attached hydrogens (primary N) is 1. The van der Waals surface area contributed by atoms with Gasteiger partial charge in [0.25, 0.3) is 0 Å². The van der Waals surface area contributed by atoms with Gasteiger partial charge in [-0.1, -0.05) is 26.2 Å². The van der Waals surface area contributed by atoms with Gasteiger partial charge in [0.1, 0.15) is 6.04 Å². The van der Waals surface area contributed by atoms with Crippen molar-refractivity contribution >= 4 is 11.7 Å². The van der Waals surface area contributed by atoms with Gasteiger partial charge in [0, 0.05) is 5.71 Å². The molecule has 1 unspecified atom stereocenters. The van der Waals surface area contributed by atoms with Crippen LogP contribution in [0, 0.1) is 5.41 Å². The van der Waals surface area contributed by atoms with Gasteiger partial charge in [-0.2, -0.15) is 0 Å². The van der Waals surface area contributed by atoms with E-state index in [-0.39, 0.29) is 0 Å². The van der Waals surface area contributed by atoms with Crippen LogP contribution >= 0.6 is 0 Å². The van der Waals surface area contributed by atoms with E-state index in [0.717, 1.165) is 44.2 Å². The SMILES string of the molecule is CCC(=N)CCCCCCC(N)C(=O)O. The minimum Gasteiger partial charge on any atom is -0.480 e. The van der Waals surface area contributed by atoms with Crippen LogP contribution in [-0.2, 0) is 4.79 Å². The predicted octanol–water partition coefficient (Wildman–Crippen LogP) is 2.17. The molecule has 0 aromatic rings. The lowest BCUT2D eigenvalue weighted by Crippen LogP contribution is -2.29. The lowest BCUT2D eigenvalue weighted by Gasteiger charge is -2.05. The van der Waals surface area contributed by atoms with Crippen molar-refractivity contribution in [2.24, 2.45) is 5.73 Å². The molecule has 0 aliphatic carbocycles. The summed E-state index contributed by atoms with van der Waals surface area (Å²) in [7, 11) is 0. The zero-order valence-electron chi connectivity index (χ0n) is 9.46. The Kier molecular flexibility index (Phi) is 7.91. The Labute approximate surface area is 91.4 Å². The molecule has 4 heteroatoms. The van der Waals surface area contributed by atoms with E-state index < -0.39 is 12.0 Å². The largest absolute Gasteiger partial charge is 0.480 e.